The minimum absolute atomic E-state index is 0.300. The van der Waals surface area contributed by atoms with Gasteiger partial charge in [-0.15, -0.1) is 5.10 Å². The number of aryl methyl sites for hydroxylation is 1. The summed E-state index contributed by atoms with van der Waals surface area (Å²) < 4.78 is 7.24. The largest absolute Gasteiger partial charge is 0.497 e. The number of anilines is 1. The van der Waals surface area contributed by atoms with E-state index in [1.807, 2.05) is 28.9 Å². The molecule has 28 heavy (non-hydrogen) atoms. The lowest BCUT2D eigenvalue weighted by atomic mass is 9.76. The van der Waals surface area contributed by atoms with Crippen molar-refractivity contribution in [1.29, 1.82) is 0 Å². The van der Waals surface area contributed by atoms with Gasteiger partial charge >= 0.3 is 0 Å². The number of rotatable bonds is 5. The van der Waals surface area contributed by atoms with Crippen LogP contribution in [-0.2, 0) is 5.54 Å². The van der Waals surface area contributed by atoms with Crippen LogP contribution in [0.4, 0.5) is 5.69 Å². The third-order valence-electron chi connectivity index (χ3n) is 5.84. The second kappa shape index (κ2) is 7.62. The van der Waals surface area contributed by atoms with E-state index in [0.29, 0.717) is 5.92 Å². The molecule has 0 radical (unpaired) electrons. The quantitative estimate of drug-likeness (QED) is 0.709. The molecule has 3 aromatic rings. The molecule has 1 aliphatic rings. The monoisotopic (exact) mass is 377 g/mol. The molecule has 0 bridgehead atoms. The number of nitrogens with zero attached hydrogens (tertiary/aromatic N) is 4. The normalized spacial score (nSPS) is 22.0. The fourth-order valence-corrected chi connectivity index (χ4v) is 4.03. The lowest BCUT2D eigenvalue weighted by Gasteiger charge is -2.40. The Morgan fingerprint density at radius 2 is 1.89 bits per heavy atom. The number of aromatic nitrogens is 4. The molecule has 1 aliphatic carbocycles. The summed E-state index contributed by atoms with van der Waals surface area (Å²) in [5, 5.41) is 16.7. The van der Waals surface area contributed by atoms with Crippen molar-refractivity contribution in [2.45, 2.75) is 45.1 Å². The molecule has 1 N–H and O–H groups in total. The standard InChI is InChI=1S/C22H27N5O/c1-16-11-13-22(14-12-16,23-20-10-5-4-7-17(20)2)21-24-25-26-27(21)18-8-6-9-19(15-18)28-3/h4-10,15-16,23H,11-14H2,1-3H3. The van der Waals surface area contributed by atoms with Crippen molar-refractivity contribution in [3.05, 3.63) is 59.9 Å². The Balaban J connectivity index is 1.78. The first kappa shape index (κ1) is 18.5. The maximum absolute atomic E-state index is 5.39. The van der Waals surface area contributed by atoms with E-state index in [0.717, 1.165) is 48.6 Å². The summed E-state index contributed by atoms with van der Waals surface area (Å²) in [5.41, 5.74) is 2.97. The van der Waals surface area contributed by atoms with Crippen molar-refractivity contribution in [3.8, 4) is 11.4 Å². The highest BCUT2D eigenvalue weighted by atomic mass is 16.5. The zero-order chi connectivity index (χ0) is 19.6. The molecule has 1 aromatic heterocycles. The summed E-state index contributed by atoms with van der Waals surface area (Å²) in [6, 6.07) is 16.3. The van der Waals surface area contributed by atoms with E-state index in [9.17, 15) is 0 Å². The molecule has 146 valence electrons. The molecule has 1 saturated carbocycles. The van der Waals surface area contributed by atoms with Crippen molar-refractivity contribution in [2.24, 2.45) is 5.92 Å². The third kappa shape index (κ3) is 3.46. The molecule has 4 rings (SSSR count). The van der Waals surface area contributed by atoms with Gasteiger partial charge in [-0.25, -0.2) is 0 Å². The molecular formula is C22H27N5O. The molecule has 1 fully saturated rings. The van der Waals surface area contributed by atoms with Crippen LogP contribution in [0.2, 0.25) is 0 Å². The van der Waals surface area contributed by atoms with Crippen LogP contribution in [0.1, 0.15) is 44.0 Å². The minimum Gasteiger partial charge on any atom is -0.497 e. The molecule has 0 aliphatic heterocycles. The summed E-state index contributed by atoms with van der Waals surface area (Å²) >= 11 is 0. The topological polar surface area (TPSA) is 64.9 Å². The Kier molecular flexibility index (Phi) is 5.03. The van der Waals surface area contributed by atoms with Gasteiger partial charge in [-0.2, -0.15) is 4.68 Å². The zero-order valence-electron chi connectivity index (χ0n) is 16.7. The molecular weight excluding hydrogens is 350 g/mol. The van der Waals surface area contributed by atoms with Crippen LogP contribution < -0.4 is 10.1 Å². The number of hydrogen-bond acceptors (Lipinski definition) is 5. The summed E-state index contributed by atoms with van der Waals surface area (Å²) in [4.78, 5) is 0. The van der Waals surface area contributed by atoms with Crippen LogP contribution >= 0.6 is 0 Å². The van der Waals surface area contributed by atoms with Crippen molar-refractivity contribution in [2.75, 3.05) is 12.4 Å². The average molecular weight is 377 g/mol. The van der Waals surface area contributed by atoms with Crippen LogP contribution in [0, 0.1) is 12.8 Å². The smallest absolute Gasteiger partial charge is 0.181 e. The van der Waals surface area contributed by atoms with Crippen molar-refractivity contribution in [1.82, 2.24) is 20.2 Å². The molecule has 6 nitrogen and oxygen atoms in total. The number of para-hydroxylation sites is 1. The van der Waals surface area contributed by atoms with Crippen molar-refractivity contribution >= 4 is 5.69 Å². The second-order valence-corrected chi connectivity index (χ2v) is 7.82. The number of tetrazole rings is 1. The van der Waals surface area contributed by atoms with Gasteiger partial charge in [0.05, 0.1) is 18.3 Å². The lowest BCUT2D eigenvalue weighted by Crippen LogP contribution is -2.41. The Labute approximate surface area is 165 Å². The van der Waals surface area contributed by atoms with Gasteiger partial charge in [-0.1, -0.05) is 31.2 Å². The molecule has 0 unspecified atom stereocenters. The van der Waals surface area contributed by atoms with Gasteiger partial charge in [0.15, 0.2) is 5.82 Å². The molecule has 0 amide bonds. The van der Waals surface area contributed by atoms with Crippen LogP contribution in [0.5, 0.6) is 5.75 Å². The third-order valence-corrected chi connectivity index (χ3v) is 5.84. The number of nitrogens with one attached hydrogen (secondary N) is 1. The summed E-state index contributed by atoms with van der Waals surface area (Å²) in [6.07, 6.45) is 4.27. The highest BCUT2D eigenvalue weighted by molar-refractivity contribution is 5.53. The maximum atomic E-state index is 5.39. The van der Waals surface area contributed by atoms with Crippen molar-refractivity contribution in [3.63, 3.8) is 0 Å². The van der Waals surface area contributed by atoms with Gasteiger partial charge in [-0.05, 0) is 72.7 Å². The predicted molar refractivity (Wildman–Crippen MR) is 110 cm³/mol. The first-order chi connectivity index (χ1) is 13.6. The van der Waals surface area contributed by atoms with Gasteiger partial charge < -0.3 is 10.1 Å². The molecule has 2 aromatic carbocycles. The number of ether oxygens (including phenoxy) is 1. The molecule has 6 heteroatoms. The maximum Gasteiger partial charge on any atom is 0.181 e. The van der Waals surface area contributed by atoms with Crippen LogP contribution in [-0.4, -0.2) is 27.3 Å². The van der Waals surface area contributed by atoms with Gasteiger partial charge in [0.25, 0.3) is 0 Å². The van der Waals surface area contributed by atoms with E-state index >= 15 is 0 Å². The molecule has 0 spiro atoms. The summed E-state index contributed by atoms with van der Waals surface area (Å²) in [7, 11) is 1.67. The van der Waals surface area contributed by atoms with E-state index < -0.39 is 0 Å². The van der Waals surface area contributed by atoms with E-state index in [4.69, 9.17) is 4.74 Å². The van der Waals surface area contributed by atoms with E-state index in [2.05, 4.69) is 59.0 Å². The van der Waals surface area contributed by atoms with Crippen LogP contribution in [0.3, 0.4) is 0 Å². The Morgan fingerprint density at radius 1 is 1.11 bits per heavy atom. The van der Waals surface area contributed by atoms with Crippen molar-refractivity contribution < 1.29 is 4.74 Å². The van der Waals surface area contributed by atoms with Crippen LogP contribution in [0.15, 0.2) is 48.5 Å². The number of methoxy groups -OCH3 is 1. The Morgan fingerprint density at radius 3 is 2.64 bits per heavy atom. The SMILES string of the molecule is COc1cccc(-n2nnnc2C2(Nc3ccccc3C)CCC(C)CC2)c1. The van der Waals surface area contributed by atoms with Gasteiger partial charge in [-0.3, -0.25) is 0 Å². The lowest BCUT2D eigenvalue weighted by molar-refractivity contribution is 0.255. The predicted octanol–water partition coefficient (Wildman–Crippen LogP) is 4.50. The fraction of sp³-hybridized carbons (Fsp3) is 0.409. The highest BCUT2D eigenvalue weighted by Crippen LogP contribution is 2.42. The fourth-order valence-electron chi connectivity index (χ4n) is 4.03. The van der Waals surface area contributed by atoms with Gasteiger partial charge in [0, 0.05) is 11.8 Å². The van der Waals surface area contributed by atoms with Gasteiger partial charge in [0.2, 0.25) is 0 Å². The Bertz CT molecular complexity index is 943. The van der Waals surface area contributed by atoms with Crippen LogP contribution in [0.25, 0.3) is 5.69 Å². The van der Waals surface area contributed by atoms with Gasteiger partial charge in [0.1, 0.15) is 5.75 Å². The van der Waals surface area contributed by atoms with E-state index in [-0.39, 0.29) is 5.54 Å². The first-order valence-electron chi connectivity index (χ1n) is 9.88. The molecule has 1 heterocycles. The molecule has 0 saturated heterocycles. The second-order valence-electron chi connectivity index (χ2n) is 7.82. The highest BCUT2D eigenvalue weighted by Gasteiger charge is 2.41. The number of hydrogen-bond donors (Lipinski definition) is 1. The minimum atomic E-state index is -0.300. The number of benzene rings is 2. The summed E-state index contributed by atoms with van der Waals surface area (Å²) in [5.74, 6) is 2.36. The average Bonchev–Trinajstić information content (AvgIpc) is 3.22. The van der Waals surface area contributed by atoms with E-state index in [1.54, 1.807) is 7.11 Å². The summed E-state index contributed by atoms with van der Waals surface area (Å²) in [6.45, 7) is 4.45. The first-order valence-corrected chi connectivity index (χ1v) is 9.88. The van der Waals surface area contributed by atoms with E-state index in [1.165, 1.54) is 5.56 Å². The zero-order valence-corrected chi connectivity index (χ0v) is 16.7. The Hall–Kier alpha value is -2.89. The molecule has 0 atom stereocenters.